The van der Waals surface area contributed by atoms with E-state index < -0.39 is 12.5 Å². The highest BCUT2D eigenvalue weighted by molar-refractivity contribution is 5.07. The van der Waals surface area contributed by atoms with Crippen LogP contribution in [0.2, 0.25) is 0 Å². The lowest BCUT2D eigenvalue weighted by Gasteiger charge is -2.10. The van der Waals surface area contributed by atoms with Crippen LogP contribution in [-0.4, -0.2) is 16.3 Å². The number of halogens is 2. The van der Waals surface area contributed by atoms with Gasteiger partial charge in [0.2, 0.25) is 0 Å². The SMILES string of the molecule is CC(C)Cn1ccc(C(F)(F)CN)n1. The monoisotopic (exact) mass is 203 g/mol. The van der Waals surface area contributed by atoms with Crippen LogP contribution in [-0.2, 0) is 12.5 Å². The van der Waals surface area contributed by atoms with Gasteiger partial charge in [-0.2, -0.15) is 13.9 Å². The molecule has 0 aliphatic carbocycles. The summed E-state index contributed by atoms with van der Waals surface area (Å²) in [6.45, 7) is 3.94. The van der Waals surface area contributed by atoms with Crippen LogP contribution in [0.15, 0.2) is 12.3 Å². The molecule has 0 saturated heterocycles. The van der Waals surface area contributed by atoms with Gasteiger partial charge >= 0.3 is 5.92 Å². The Morgan fingerprint density at radius 3 is 2.71 bits per heavy atom. The van der Waals surface area contributed by atoms with Crippen LogP contribution in [0.25, 0.3) is 0 Å². The third kappa shape index (κ3) is 2.51. The molecule has 0 aliphatic heterocycles. The normalized spacial score (nSPS) is 12.4. The zero-order valence-electron chi connectivity index (χ0n) is 8.37. The highest BCUT2D eigenvalue weighted by atomic mass is 19.3. The third-order valence-electron chi connectivity index (χ3n) is 1.82. The van der Waals surface area contributed by atoms with Crippen molar-refractivity contribution in [3.8, 4) is 0 Å². The lowest BCUT2D eigenvalue weighted by Crippen LogP contribution is -2.26. The smallest absolute Gasteiger partial charge is 0.303 e. The largest absolute Gasteiger partial charge is 0.325 e. The molecule has 0 atom stereocenters. The fourth-order valence-electron chi connectivity index (χ4n) is 1.14. The van der Waals surface area contributed by atoms with Crippen molar-refractivity contribution in [2.24, 2.45) is 11.7 Å². The predicted molar refractivity (Wildman–Crippen MR) is 50.0 cm³/mol. The zero-order chi connectivity index (χ0) is 10.8. The second-order valence-electron chi connectivity index (χ2n) is 3.73. The molecule has 0 radical (unpaired) electrons. The summed E-state index contributed by atoms with van der Waals surface area (Å²) in [4.78, 5) is 0. The van der Waals surface area contributed by atoms with E-state index in [4.69, 9.17) is 5.73 Å². The molecule has 1 heterocycles. The molecule has 0 unspecified atom stereocenters. The first kappa shape index (κ1) is 11.1. The van der Waals surface area contributed by atoms with Crippen molar-refractivity contribution >= 4 is 0 Å². The van der Waals surface area contributed by atoms with E-state index >= 15 is 0 Å². The molecule has 1 aromatic rings. The minimum absolute atomic E-state index is 0.249. The summed E-state index contributed by atoms with van der Waals surface area (Å²) in [6, 6.07) is 1.31. The van der Waals surface area contributed by atoms with Gasteiger partial charge in [0.25, 0.3) is 0 Å². The van der Waals surface area contributed by atoms with Crippen molar-refractivity contribution in [1.29, 1.82) is 0 Å². The van der Waals surface area contributed by atoms with Gasteiger partial charge in [0.1, 0.15) is 5.69 Å². The Labute approximate surface area is 81.9 Å². The van der Waals surface area contributed by atoms with Crippen molar-refractivity contribution in [2.45, 2.75) is 26.3 Å². The Kier molecular flexibility index (Phi) is 3.21. The van der Waals surface area contributed by atoms with Crippen LogP contribution in [0, 0.1) is 5.92 Å². The lowest BCUT2D eigenvalue weighted by atomic mass is 10.2. The Balaban J connectivity index is 2.77. The van der Waals surface area contributed by atoms with Gasteiger partial charge in [-0.05, 0) is 12.0 Å². The third-order valence-corrected chi connectivity index (χ3v) is 1.82. The average molecular weight is 203 g/mol. The van der Waals surface area contributed by atoms with E-state index in [-0.39, 0.29) is 5.69 Å². The van der Waals surface area contributed by atoms with Crippen molar-refractivity contribution in [2.75, 3.05) is 6.54 Å². The summed E-state index contributed by atoms with van der Waals surface area (Å²) in [6.07, 6.45) is 1.55. The average Bonchev–Trinajstić information content (AvgIpc) is 2.52. The van der Waals surface area contributed by atoms with Crippen molar-refractivity contribution in [3.05, 3.63) is 18.0 Å². The van der Waals surface area contributed by atoms with E-state index in [1.165, 1.54) is 10.7 Å². The number of hydrogen-bond donors (Lipinski definition) is 1. The van der Waals surface area contributed by atoms with Gasteiger partial charge in [0.15, 0.2) is 0 Å². The highest BCUT2D eigenvalue weighted by Crippen LogP contribution is 2.24. The Bertz CT molecular complexity index is 294. The number of rotatable bonds is 4. The van der Waals surface area contributed by atoms with Gasteiger partial charge in [-0.1, -0.05) is 13.8 Å². The molecule has 0 aromatic carbocycles. The minimum atomic E-state index is -3.01. The summed E-state index contributed by atoms with van der Waals surface area (Å²) in [5, 5.41) is 3.78. The molecule has 5 heteroatoms. The second-order valence-corrected chi connectivity index (χ2v) is 3.73. The lowest BCUT2D eigenvalue weighted by molar-refractivity contribution is 0.000667. The van der Waals surface area contributed by atoms with E-state index in [1.807, 2.05) is 13.8 Å². The van der Waals surface area contributed by atoms with E-state index in [2.05, 4.69) is 5.10 Å². The Morgan fingerprint density at radius 1 is 1.57 bits per heavy atom. The first-order valence-corrected chi connectivity index (χ1v) is 4.57. The van der Waals surface area contributed by atoms with Gasteiger partial charge < -0.3 is 5.73 Å². The Morgan fingerprint density at radius 2 is 2.21 bits per heavy atom. The van der Waals surface area contributed by atoms with Gasteiger partial charge in [-0.15, -0.1) is 0 Å². The second kappa shape index (κ2) is 4.04. The molecule has 3 nitrogen and oxygen atoms in total. The van der Waals surface area contributed by atoms with Gasteiger partial charge in [-0.3, -0.25) is 4.68 Å². The van der Waals surface area contributed by atoms with Crippen molar-refractivity contribution < 1.29 is 8.78 Å². The summed E-state index contributed by atoms with van der Waals surface area (Å²) < 4.78 is 27.6. The molecule has 1 rings (SSSR count). The Hall–Kier alpha value is -0.970. The summed E-state index contributed by atoms with van der Waals surface area (Å²) in [5.41, 5.74) is 4.70. The summed E-state index contributed by atoms with van der Waals surface area (Å²) in [7, 11) is 0. The van der Waals surface area contributed by atoms with Crippen LogP contribution in [0.4, 0.5) is 8.78 Å². The molecule has 80 valence electrons. The van der Waals surface area contributed by atoms with E-state index in [0.29, 0.717) is 12.5 Å². The summed E-state index contributed by atoms with van der Waals surface area (Å²) >= 11 is 0. The van der Waals surface area contributed by atoms with Crippen molar-refractivity contribution in [3.63, 3.8) is 0 Å². The predicted octanol–water partition coefficient (Wildman–Crippen LogP) is 1.59. The van der Waals surface area contributed by atoms with Crippen LogP contribution in [0.1, 0.15) is 19.5 Å². The number of hydrogen-bond acceptors (Lipinski definition) is 2. The molecular formula is C9H15F2N3. The standard InChI is InChI=1S/C9H15F2N3/c1-7(2)5-14-4-3-8(13-14)9(10,11)6-12/h3-4,7H,5-6,12H2,1-2H3. The fraction of sp³-hybridized carbons (Fsp3) is 0.667. The van der Waals surface area contributed by atoms with Gasteiger partial charge in [-0.25, -0.2) is 0 Å². The maximum absolute atomic E-state index is 13.0. The summed E-state index contributed by atoms with van der Waals surface area (Å²) in [5.74, 6) is -2.63. The molecule has 0 aliphatic rings. The highest BCUT2D eigenvalue weighted by Gasteiger charge is 2.32. The fourth-order valence-corrected chi connectivity index (χ4v) is 1.14. The first-order chi connectivity index (χ1) is 6.45. The van der Waals surface area contributed by atoms with Crippen LogP contribution in [0.3, 0.4) is 0 Å². The van der Waals surface area contributed by atoms with Gasteiger partial charge in [0, 0.05) is 12.7 Å². The van der Waals surface area contributed by atoms with Gasteiger partial charge in [0.05, 0.1) is 6.54 Å². The number of alkyl halides is 2. The van der Waals surface area contributed by atoms with E-state index in [0.717, 1.165) is 0 Å². The molecule has 1 aromatic heterocycles. The van der Waals surface area contributed by atoms with Crippen LogP contribution < -0.4 is 5.73 Å². The topological polar surface area (TPSA) is 43.8 Å². The van der Waals surface area contributed by atoms with Crippen LogP contribution in [0.5, 0.6) is 0 Å². The molecule has 0 bridgehead atoms. The number of nitrogens with two attached hydrogens (primary N) is 1. The molecule has 0 saturated carbocycles. The van der Waals surface area contributed by atoms with E-state index in [1.54, 1.807) is 6.20 Å². The quantitative estimate of drug-likeness (QED) is 0.807. The number of aromatic nitrogens is 2. The first-order valence-electron chi connectivity index (χ1n) is 4.57. The molecule has 2 N–H and O–H groups in total. The van der Waals surface area contributed by atoms with Crippen molar-refractivity contribution in [1.82, 2.24) is 9.78 Å². The van der Waals surface area contributed by atoms with E-state index in [9.17, 15) is 8.78 Å². The van der Waals surface area contributed by atoms with Crippen LogP contribution >= 0.6 is 0 Å². The molecule has 0 fully saturated rings. The molecule has 14 heavy (non-hydrogen) atoms. The minimum Gasteiger partial charge on any atom is -0.325 e. The number of nitrogens with zero attached hydrogens (tertiary/aromatic N) is 2. The zero-order valence-corrected chi connectivity index (χ0v) is 8.37. The molecule has 0 spiro atoms. The molecule has 0 amide bonds. The molecular weight excluding hydrogens is 188 g/mol. The maximum Gasteiger partial charge on any atom is 0.303 e. The maximum atomic E-state index is 13.0.